The Morgan fingerprint density at radius 2 is 1.08 bits per heavy atom. The van der Waals surface area contributed by atoms with Gasteiger partial charge in [-0.05, 0) is 61.2 Å². The molecule has 2 aliphatic carbocycles. The van der Waals surface area contributed by atoms with Crippen molar-refractivity contribution < 1.29 is 9.47 Å². The molecule has 2 saturated carbocycles. The van der Waals surface area contributed by atoms with Gasteiger partial charge in [0.1, 0.15) is 0 Å². The first-order chi connectivity index (χ1) is 11.3. The Bertz CT molecular complexity index is 331. The molecule has 2 heteroatoms. The van der Waals surface area contributed by atoms with Crippen molar-refractivity contribution in [3.05, 3.63) is 6.92 Å². The van der Waals surface area contributed by atoms with E-state index in [1.807, 2.05) is 0 Å². The van der Waals surface area contributed by atoms with Gasteiger partial charge < -0.3 is 9.47 Å². The highest BCUT2D eigenvalue weighted by molar-refractivity contribution is 4.84. The molecule has 0 aromatic carbocycles. The van der Waals surface area contributed by atoms with E-state index in [1.54, 1.807) is 0 Å². The Balaban J connectivity index is 1.93. The van der Waals surface area contributed by atoms with Gasteiger partial charge in [-0.15, -0.1) is 0 Å². The monoisotopic (exact) mass is 337 g/mol. The molecular formula is C22H41O2. The molecule has 6 unspecified atom stereocenters. The summed E-state index contributed by atoms with van der Waals surface area (Å²) in [7, 11) is 0. The van der Waals surface area contributed by atoms with Gasteiger partial charge in [-0.2, -0.15) is 0 Å². The second kappa shape index (κ2) is 9.03. The second-order valence-electron chi connectivity index (χ2n) is 9.43. The normalized spacial score (nSPS) is 39.4. The predicted molar refractivity (Wildman–Crippen MR) is 102 cm³/mol. The van der Waals surface area contributed by atoms with Crippen LogP contribution in [-0.4, -0.2) is 18.5 Å². The van der Waals surface area contributed by atoms with Crippen LogP contribution >= 0.6 is 0 Å². The summed E-state index contributed by atoms with van der Waals surface area (Å²) in [6.45, 7) is 18.2. The van der Waals surface area contributed by atoms with Crippen molar-refractivity contribution in [2.24, 2.45) is 35.5 Å². The van der Waals surface area contributed by atoms with Crippen molar-refractivity contribution in [3.63, 3.8) is 0 Å². The molecule has 6 atom stereocenters. The highest BCUT2D eigenvalue weighted by Gasteiger charge is 2.35. The van der Waals surface area contributed by atoms with Crippen LogP contribution in [0.4, 0.5) is 0 Å². The van der Waals surface area contributed by atoms with Gasteiger partial charge in [0.05, 0.1) is 12.2 Å². The highest BCUT2D eigenvalue weighted by atomic mass is 16.7. The van der Waals surface area contributed by atoms with Gasteiger partial charge >= 0.3 is 0 Å². The Morgan fingerprint density at radius 1 is 0.708 bits per heavy atom. The van der Waals surface area contributed by atoms with Crippen LogP contribution in [0.5, 0.6) is 0 Å². The zero-order valence-corrected chi connectivity index (χ0v) is 17.0. The van der Waals surface area contributed by atoms with Crippen LogP contribution in [0.25, 0.3) is 0 Å². The fraction of sp³-hybridized carbons (Fsp3) is 0.955. The molecule has 0 amide bonds. The number of hydrogen-bond acceptors (Lipinski definition) is 2. The summed E-state index contributed by atoms with van der Waals surface area (Å²) in [6, 6.07) is 0. The molecule has 1 radical (unpaired) electrons. The maximum absolute atomic E-state index is 6.37. The molecule has 2 aliphatic rings. The molecule has 0 N–H and O–H groups in total. The molecule has 0 aromatic heterocycles. The maximum Gasteiger partial charge on any atom is 0.158 e. The van der Waals surface area contributed by atoms with E-state index in [1.165, 1.54) is 25.7 Å². The zero-order chi connectivity index (χ0) is 17.9. The van der Waals surface area contributed by atoms with E-state index in [2.05, 4.69) is 48.5 Å². The lowest BCUT2D eigenvalue weighted by Crippen LogP contribution is -2.41. The first kappa shape index (κ1) is 20.2. The lowest BCUT2D eigenvalue weighted by Gasteiger charge is -2.41. The molecule has 2 nitrogen and oxygen atoms in total. The lowest BCUT2D eigenvalue weighted by molar-refractivity contribution is -0.211. The van der Waals surface area contributed by atoms with E-state index in [0.717, 1.165) is 24.7 Å². The van der Waals surface area contributed by atoms with Gasteiger partial charge in [-0.1, -0.05) is 54.4 Å². The molecular weight excluding hydrogens is 296 g/mol. The highest BCUT2D eigenvalue weighted by Crippen LogP contribution is 2.38. The molecule has 24 heavy (non-hydrogen) atoms. The van der Waals surface area contributed by atoms with Gasteiger partial charge in [0, 0.05) is 6.92 Å². The second-order valence-corrected chi connectivity index (χ2v) is 9.43. The molecule has 0 saturated heterocycles. The Labute approximate surface area is 151 Å². The van der Waals surface area contributed by atoms with E-state index in [9.17, 15) is 0 Å². The predicted octanol–water partition coefficient (Wildman–Crippen LogP) is 6.10. The number of rotatable bonds is 6. The molecule has 2 fully saturated rings. The van der Waals surface area contributed by atoms with Crippen LogP contribution in [0.15, 0.2) is 0 Å². The quantitative estimate of drug-likeness (QED) is 0.545. The smallest absolute Gasteiger partial charge is 0.158 e. The fourth-order valence-corrected chi connectivity index (χ4v) is 4.96. The van der Waals surface area contributed by atoms with Crippen LogP contribution in [0.2, 0.25) is 0 Å². The first-order valence-electron chi connectivity index (χ1n) is 10.4. The summed E-state index contributed by atoms with van der Waals surface area (Å²) in [5.41, 5.74) is 0. The summed E-state index contributed by atoms with van der Waals surface area (Å²) >= 11 is 0. The largest absolute Gasteiger partial charge is 0.349 e. The molecule has 0 bridgehead atoms. The van der Waals surface area contributed by atoms with Gasteiger partial charge in [0.2, 0.25) is 0 Å². The summed E-state index contributed by atoms with van der Waals surface area (Å²) < 4.78 is 12.7. The van der Waals surface area contributed by atoms with E-state index in [4.69, 9.17) is 9.47 Å². The summed E-state index contributed by atoms with van der Waals surface area (Å²) in [6.07, 6.45) is 7.86. The van der Waals surface area contributed by atoms with Crippen LogP contribution < -0.4 is 0 Å². The molecule has 2 rings (SSSR count). The van der Waals surface area contributed by atoms with Gasteiger partial charge in [0.25, 0.3) is 0 Å². The van der Waals surface area contributed by atoms with Gasteiger partial charge in [-0.3, -0.25) is 0 Å². The van der Waals surface area contributed by atoms with E-state index >= 15 is 0 Å². The van der Waals surface area contributed by atoms with Crippen LogP contribution in [0.3, 0.4) is 0 Å². The number of ether oxygens (including phenoxy) is 2. The Hall–Kier alpha value is -0.0800. The van der Waals surface area contributed by atoms with E-state index < -0.39 is 0 Å². The first-order valence-corrected chi connectivity index (χ1v) is 10.4. The Morgan fingerprint density at radius 3 is 1.42 bits per heavy atom. The summed E-state index contributed by atoms with van der Waals surface area (Å²) in [5.74, 6) is 4.17. The molecule has 0 spiro atoms. The van der Waals surface area contributed by atoms with Crippen LogP contribution in [0.1, 0.15) is 80.1 Å². The minimum atomic E-state index is -0.321. The van der Waals surface area contributed by atoms with E-state index in [-0.39, 0.29) is 6.29 Å². The summed E-state index contributed by atoms with van der Waals surface area (Å²) in [5, 5.41) is 0. The third-order valence-electron chi connectivity index (χ3n) is 6.58. The maximum atomic E-state index is 6.37. The zero-order valence-electron chi connectivity index (χ0n) is 17.0. The van der Waals surface area contributed by atoms with Crippen molar-refractivity contribution in [1.82, 2.24) is 0 Å². The third-order valence-corrected chi connectivity index (χ3v) is 6.58. The minimum absolute atomic E-state index is 0.315. The molecule has 141 valence electrons. The van der Waals surface area contributed by atoms with Crippen LogP contribution in [0, 0.1) is 42.4 Å². The van der Waals surface area contributed by atoms with Gasteiger partial charge in [0.15, 0.2) is 6.29 Å². The van der Waals surface area contributed by atoms with Crippen molar-refractivity contribution in [1.29, 1.82) is 0 Å². The standard InChI is InChI=1S/C22H41O2/c1-14(2)19-10-8-16(5)12-21(19)23-18(7)24-22-13-17(6)9-11-20(22)15(3)4/h14-22H,7-13H2,1-6H3. The van der Waals surface area contributed by atoms with Crippen LogP contribution in [-0.2, 0) is 9.47 Å². The van der Waals surface area contributed by atoms with Crippen molar-refractivity contribution in [2.75, 3.05) is 0 Å². The minimum Gasteiger partial charge on any atom is -0.349 e. The summed E-state index contributed by atoms with van der Waals surface area (Å²) in [4.78, 5) is 0. The number of hydrogen-bond donors (Lipinski definition) is 0. The fourth-order valence-electron chi connectivity index (χ4n) is 4.96. The average Bonchev–Trinajstić information content (AvgIpc) is 2.46. The SMILES string of the molecule is [CH2]C(OC1CC(C)CCC1C(C)C)OC1CC(C)CCC1C(C)C. The van der Waals surface area contributed by atoms with Crippen molar-refractivity contribution in [3.8, 4) is 0 Å². The van der Waals surface area contributed by atoms with Crippen molar-refractivity contribution >= 4 is 0 Å². The molecule has 0 aliphatic heterocycles. The molecule has 0 heterocycles. The van der Waals surface area contributed by atoms with E-state index in [0.29, 0.717) is 35.9 Å². The topological polar surface area (TPSA) is 18.5 Å². The third kappa shape index (κ3) is 5.46. The average molecular weight is 338 g/mol. The van der Waals surface area contributed by atoms with Gasteiger partial charge in [-0.25, -0.2) is 0 Å². The molecule has 0 aromatic rings. The van der Waals surface area contributed by atoms with Crippen molar-refractivity contribution in [2.45, 2.75) is 98.6 Å². The lowest BCUT2D eigenvalue weighted by atomic mass is 9.75. The Kier molecular flexibility index (Phi) is 7.61.